The molecule has 3 atom stereocenters. The lowest BCUT2D eigenvalue weighted by Crippen LogP contribution is -2.27. The van der Waals surface area contributed by atoms with Gasteiger partial charge in [0.1, 0.15) is 0 Å². The van der Waals surface area contributed by atoms with Crippen LogP contribution >= 0.6 is 0 Å². The van der Waals surface area contributed by atoms with Crippen molar-refractivity contribution in [2.75, 3.05) is 33.0 Å². The molecule has 0 bridgehead atoms. The molecule has 0 radical (unpaired) electrons. The Labute approximate surface area is 144 Å². The van der Waals surface area contributed by atoms with Crippen LogP contribution in [0.3, 0.4) is 0 Å². The lowest BCUT2D eigenvalue weighted by molar-refractivity contribution is -0.0808. The molecule has 4 heteroatoms. The Morgan fingerprint density at radius 3 is 1.48 bits per heavy atom. The smallest absolute Gasteiger partial charge is 0.0781 e. The van der Waals surface area contributed by atoms with Crippen LogP contribution in [0, 0.1) is 11.8 Å². The van der Waals surface area contributed by atoms with E-state index in [0.717, 1.165) is 26.1 Å². The Morgan fingerprint density at radius 2 is 0.957 bits per heavy atom. The molecule has 0 heterocycles. The second-order valence-corrected chi connectivity index (χ2v) is 7.41. The van der Waals surface area contributed by atoms with Crippen molar-refractivity contribution in [3.63, 3.8) is 0 Å². The average molecular weight is 333 g/mol. The molecule has 0 aliphatic heterocycles. The summed E-state index contributed by atoms with van der Waals surface area (Å²) in [6.45, 7) is 18.4. The summed E-state index contributed by atoms with van der Waals surface area (Å²) >= 11 is 0. The lowest BCUT2D eigenvalue weighted by Gasteiger charge is -2.20. The molecule has 0 aliphatic carbocycles. The van der Waals surface area contributed by atoms with Crippen molar-refractivity contribution in [1.29, 1.82) is 0 Å². The topological polar surface area (TPSA) is 36.9 Å². The van der Waals surface area contributed by atoms with Crippen molar-refractivity contribution >= 4 is 0 Å². The molecular formula is C19H40O4. The van der Waals surface area contributed by atoms with Crippen LogP contribution in [0.2, 0.25) is 0 Å². The highest BCUT2D eigenvalue weighted by Crippen LogP contribution is 2.04. The zero-order valence-electron chi connectivity index (χ0n) is 16.5. The molecule has 23 heavy (non-hydrogen) atoms. The summed E-state index contributed by atoms with van der Waals surface area (Å²) in [5.74, 6) is 1.36. The van der Waals surface area contributed by atoms with Crippen LogP contribution in [-0.4, -0.2) is 51.3 Å². The Hall–Kier alpha value is -0.160. The van der Waals surface area contributed by atoms with Gasteiger partial charge in [-0.05, 0) is 45.4 Å². The minimum absolute atomic E-state index is 0.0734. The maximum Gasteiger partial charge on any atom is 0.0781 e. The molecule has 0 spiro atoms. The van der Waals surface area contributed by atoms with Crippen molar-refractivity contribution < 1.29 is 18.9 Å². The second-order valence-electron chi connectivity index (χ2n) is 7.41. The molecule has 0 amide bonds. The summed E-state index contributed by atoms with van der Waals surface area (Å²) in [6, 6.07) is 0. The highest BCUT2D eigenvalue weighted by Gasteiger charge is 2.10. The van der Waals surface area contributed by atoms with E-state index in [0.29, 0.717) is 31.7 Å². The van der Waals surface area contributed by atoms with Gasteiger partial charge in [0.25, 0.3) is 0 Å². The number of rotatable bonds is 15. The first kappa shape index (κ1) is 22.8. The predicted octanol–water partition coefficient (Wildman–Crippen LogP) is 4.31. The highest BCUT2D eigenvalue weighted by atomic mass is 16.6. The Balaban J connectivity index is 3.55. The molecule has 140 valence electrons. The van der Waals surface area contributed by atoms with Gasteiger partial charge in [-0.1, -0.05) is 27.7 Å². The van der Waals surface area contributed by atoms with Crippen LogP contribution in [0.5, 0.6) is 0 Å². The van der Waals surface area contributed by atoms with E-state index in [1.807, 2.05) is 13.8 Å². The summed E-state index contributed by atoms with van der Waals surface area (Å²) in [5, 5.41) is 0. The first-order valence-corrected chi connectivity index (χ1v) is 9.23. The van der Waals surface area contributed by atoms with Crippen LogP contribution < -0.4 is 0 Å². The van der Waals surface area contributed by atoms with Gasteiger partial charge in [-0.15, -0.1) is 0 Å². The van der Waals surface area contributed by atoms with E-state index >= 15 is 0 Å². The molecule has 0 saturated heterocycles. The number of ether oxygens (including phenoxy) is 4. The second kappa shape index (κ2) is 14.2. The normalized spacial score (nSPS) is 16.0. The first-order valence-electron chi connectivity index (χ1n) is 9.23. The predicted molar refractivity (Wildman–Crippen MR) is 96.0 cm³/mol. The zero-order chi connectivity index (χ0) is 17.7. The summed E-state index contributed by atoms with van der Waals surface area (Å²) in [5.41, 5.74) is 0. The minimum atomic E-state index is 0.0734. The molecule has 0 aromatic heterocycles. The van der Waals surface area contributed by atoms with Crippen molar-refractivity contribution in [2.45, 2.75) is 79.6 Å². The maximum atomic E-state index is 5.78. The van der Waals surface area contributed by atoms with Crippen LogP contribution in [0.4, 0.5) is 0 Å². The van der Waals surface area contributed by atoms with Crippen LogP contribution in [0.1, 0.15) is 61.3 Å². The molecule has 0 fully saturated rings. The van der Waals surface area contributed by atoms with E-state index < -0.39 is 0 Å². The summed E-state index contributed by atoms with van der Waals surface area (Å²) < 4.78 is 22.9. The Morgan fingerprint density at radius 1 is 0.522 bits per heavy atom. The van der Waals surface area contributed by atoms with E-state index in [1.54, 1.807) is 0 Å². The Kier molecular flexibility index (Phi) is 14.1. The van der Waals surface area contributed by atoms with Crippen molar-refractivity contribution in [3.8, 4) is 0 Å². The SMILES string of the molecule is CC(C)CCOCC(C)OCC(C)OCC(C)OCCC(C)C. The van der Waals surface area contributed by atoms with Gasteiger partial charge < -0.3 is 18.9 Å². The third kappa shape index (κ3) is 16.5. The fourth-order valence-corrected chi connectivity index (χ4v) is 1.82. The van der Waals surface area contributed by atoms with Gasteiger partial charge in [0.05, 0.1) is 38.1 Å². The third-order valence-electron chi connectivity index (χ3n) is 3.52. The fraction of sp³-hybridized carbons (Fsp3) is 1.00. The first-order chi connectivity index (χ1) is 10.8. The third-order valence-corrected chi connectivity index (χ3v) is 3.52. The molecule has 4 nitrogen and oxygen atoms in total. The summed E-state index contributed by atoms with van der Waals surface area (Å²) in [7, 11) is 0. The van der Waals surface area contributed by atoms with Gasteiger partial charge in [-0.25, -0.2) is 0 Å². The quantitative estimate of drug-likeness (QED) is 0.419. The maximum absolute atomic E-state index is 5.78. The average Bonchev–Trinajstić information content (AvgIpc) is 2.46. The standard InChI is InChI=1S/C19H40O4/c1-15(2)8-10-20-12-17(5)22-14-19(7)23-13-18(6)21-11-9-16(3)4/h15-19H,8-14H2,1-7H3. The van der Waals surface area contributed by atoms with E-state index in [4.69, 9.17) is 18.9 Å². The zero-order valence-corrected chi connectivity index (χ0v) is 16.5. The molecule has 3 unspecified atom stereocenters. The molecule has 0 aromatic rings. The molecule has 0 aliphatic rings. The van der Waals surface area contributed by atoms with Gasteiger partial charge in [0.15, 0.2) is 0 Å². The minimum Gasteiger partial charge on any atom is -0.379 e. The number of hydrogen-bond donors (Lipinski definition) is 0. The summed E-state index contributed by atoms with van der Waals surface area (Å²) in [6.07, 6.45) is 2.50. The van der Waals surface area contributed by atoms with E-state index in [9.17, 15) is 0 Å². The van der Waals surface area contributed by atoms with Crippen LogP contribution in [0.25, 0.3) is 0 Å². The van der Waals surface area contributed by atoms with Gasteiger partial charge in [-0.3, -0.25) is 0 Å². The van der Waals surface area contributed by atoms with Gasteiger partial charge >= 0.3 is 0 Å². The van der Waals surface area contributed by atoms with Gasteiger partial charge in [0.2, 0.25) is 0 Å². The molecule has 0 aromatic carbocycles. The molecule has 0 N–H and O–H groups in total. The monoisotopic (exact) mass is 332 g/mol. The van der Waals surface area contributed by atoms with Crippen molar-refractivity contribution in [3.05, 3.63) is 0 Å². The van der Waals surface area contributed by atoms with Crippen LogP contribution in [0.15, 0.2) is 0 Å². The summed E-state index contributed by atoms with van der Waals surface area (Å²) in [4.78, 5) is 0. The molecular weight excluding hydrogens is 292 g/mol. The molecule has 0 rings (SSSR count). The van der Waals surface area contributed by atoms with Crippen molar-refractivity contribution in [1.82, 2.24) is 0 Å². The van der Waals surface area contributed by atoms with E-state index in [1.165, 1.54) is 0 Å². The van der Waals surface area contributed by atoms with Crippen molar-refractivity contribution in [2.24, 2.45) is 11.8 Å². The number of hydrogen-bond acceptors (Lipinski definition) is 4. The van der Waals surface area contributed by atoms with E-state index in [2.05, 4.69) is 34.6 Å². The van der Waals surface area contributed by atoms with Gasteiger partial charge in [-0.2, -0.15) is 0 Å². The molecule has 0 saturated carbocycles. The van der Waals surface area contributed by atoms with Gasteiger partial charge in [0, 0.05) is 13.2 Å². The van der Waals surface area contributed by atoms with Crippen LogP contribution in [-0.2, 0) is 18.9 Å². The Bertz CT molecular complexity index is 256. The fourth-order valence-electron chi connectivity index (χ4n) is 1.82. The largest absolute Gasteiger partial charge is 0.379 e. The van der Waals surface area contributed by atoms with E-state index in [-0.39, 0.29) is 18.3 Å². The lowest BCUT2D eigenvalue weighted by atomic mass is 10.1. The highest BCUT2D eigenvalue weighted by molar-refractivity contribution is 4.56.